The number of benzene rings is 1. The van der Waals surface area contributed by atoms with Crippen molar-refractivity contribution in [1.82, 2.24) is 9.80 Å². The lowest BCUT2D eigenvalue weighted by Crippen LogP contribution is -2.49. The number of carbonyl (C=O) groups excluding carboxylic acids is 1. The molecule has 3 rings (SSSR count). The first-order chi connectivity index (χ1) is 9.15. The lowest BCUT2D eigenvalue weighted by Gasteiger charge is -2.35. The Labute approximate surface area is 120 Å². The average molecular weight is 327 g/mol. The van der Waals surface area contributed by atoms with E-state index in [0.29, 0.717) is 10.0 Å². The van der Waals surface area contributed by atoms with Crippen LogP contribution in [0.2, 0.25) is 0 Å². The van der Waals surface area contributed by atoms with Crippen molar-refractivity contribution in [1.29, 1.82) is 0 Å². The highest BCUT2D eigenvalue weighted by Crippen LogP contribution is 2.28. The number of nitrogens with zero attached hydrogens (tertiary/aromatic N) is 2. The molecule has 1 saturated carbocycles. The standard InChI is InChI=1S/C14H16BrFN2O/c15-13-9-10(16)1-4-12(13)14(19)18-7-5-17(6-8-18)11-2-3-11/h1,4,9,11H,2-3,5-8H2. The predicted molar refractivity (Wildman–Crippen MR) is 74.6 cm³/mol. The third-order valence-corrected chi connectivity index (χ3v) is 4.48. The van der Waals surface area contributed by atoms with Gasteiger partial charge in [0.15, 0.2) is 0 Å². The molecule has 0 bridgehead atoms. The molecule has 0 radical (unpaired) electrons. The van der Waals surface area contributed by atoms with Gasteiger partial charge in [-0.15, -0.1) is 0 Å². The topological polar surface area (TPSA) is 23.6 Å². The number of hydrogen-bond donors (Lipinski definition) is 0. The molecule has 2 fully saturated rings. The molecule has 1 aliphatic heterocycles. The maximum Gasteiger partial charge on any atom is 0.255 e. The molecule has 19 heavy (non-hydrogen) atoms. The summed E-state index contributed by atoms with van der Waals surface area (Å²) in [5.74, 6) is -0.343. The van der Waals surface area contributed by atoms with Gasteiger partial charge in [0.05, 0.1) is 5.56 Å². The van der Waals surface area contributed by atoms with E-state index in [9.17, 15) is 9.18 Å². The van der Waals surface area contributed by atoms with Crippen molar-refractivity contribution in [2.75, 3.05) is 26.2 Å². The highest BCUT2D eigenvalue weighted by Gasteiger charge is 2.32. The second-order valence-electron chi connectivity index (χ2n) is 5.18. The summed E-state index contributed by atoms with van der Waals surface area (Å²) < 4.78 is 13.6. The Morgan fingerprint density at radius 3 is 2.47 bits per heavy atom. The van der Waals surface area contributed by atoms with Crippen LogP contribution in [0.25, 0.3) is 0 Å². The summed E-state index contributed by atoms with van der Waals surface area (Å²) in [4.78, 5) is 16.7. The van der Waals surface area contributed by atoms with Gasteiger partial charge in [0.25, 0.3) is 5.91 Å². The molecular formula is C14H16BrFN2O. The van der Waals surface area contributed by atoms with Crippen LogP contribution in [0.3, 0.4) is 0 Å². The molecule has 1 amide bonds. The van der Waals surface area contributed by atoms with E-state index >= 15 is 0 Å². The minimum Gasteiger partial charge on any atom is -0.336 e. The number of halogens is 2. The van der Waals surface area contributed by atoms with Gasteiger partial charge < -0.3 is 4.90 Å². The van der Waals surface area contributed by atoms with Gasteiger partial charge in [0.2, 0.25) is 0 Å². The number of rotatable bonds is 2. The van der Waals surface area contributed by atoms with Gasteiger partial charge in [-0.25, -0.2) is 4.39 Å². The molecule has 102 valence electrons. The van der Waals surface area contributed by atoms with Gasteiger partial charge in [-0.2, -0.15) is 0 Å². The lowest BCUT2D eigenvalue weighted by atomic mass is 10.1. The second kappa shape index (κ2) is 5.21. The van der Waals surface area contributed by atoms with E-state index in [1.807, 2.05) is 4.90 Å². The third kappa shape index (κ3) is 2.82. The normalized spacial score (nSPS) is 20.6. The molecule has 0 aromatic heterocycles. The van der Waals surface area contributed by atoms with Crippen molar-refractivity contribution in [3.8, 4) is 0 Å². The van der Waals surface area contributed by atoms with Gasteiger partial charge in [-0.1, -0.05) is 0 Å². The summed E-state index contributed by atoms with van der Waals surface area (Å²) in [5, 5.41) is 0. The molecule has 0 atom stereocenters. The molecule has 1 saturated heterocycles. The Bertz CT molecular complexity index is 496. The van der Waals surface area contributed by atoms with E-state index in [2.05, 4.69) is 20.8 Å². The zero-order chi connectivity index (χ0) is 13.4. The summed E-state index contributed by atoms with van der Waals surface area (Å²) in [6.07, 6.45) is 2.61. The monoisotopic (exact) mass is 326 g/mol. The molecule has 1 aromatic rings. The number of carbonyl (C=O) groups is 1. The van der Waals surface area contributed by atoms with E-state index in [1.165, 1.54) is 25.0 Å². The highest BCUT2D eigenvalue weighted by molar-refractivity contribution is 9.10. The van der Waals surface area contributed by atoms with Gasteiger partial charge in [-0.3, -0.25) is 9.69 Å². The smallest absolute Gasteiger partial charge is 0.255 e. The molecule has 0 N–H and O–H groups in total. The van der Waals surface area contributed by atoms with Crippen LogP contribution in [0.4, 0.5) is 4.39 Å². The molecular weight excluding hydrogens is 311 g/mol. The molecule has 2 aliphatic rings. The highest BCUT2D eigenvalue weighted by atomic mass is 79.9. The van der Waals surface area contributed by atoms with Crippen molar-refractivity contribution >= 4 is 21.8 Å². The van der Waals surface area contributed by atoms with E-state index in [-0.39, 0.29) is 11.7 Å². The third-order valence-electron chi connectivity index (χ3n) is 3.83. The van der Waals surface area contributed by atoms with Crippen LogP contribution in [0.15, 0.2) is 22.7 Å². The Morgan fingerprint density at radius 1 is 1.21 bits per heavy atom. The average Bonchev–Trinajstić information content (AvgIpc) is 3.22. The summed E-state index contributed by atoms with van der Waals surface area (Å²) in [6, 6.07) is 4.98. The minimum atomic E-state index is -0.332. The lowest BCUT2D eigenvalue weighted by molar-refractivity contribution is 0.0626. The van der Waals surface area contributed by atoms with Crippen LogP contribution in [-0.2, 0) is 0 Å². The fourth-order valence-electron chi connectivity index (χ4n) is 2.56. The summed E-state index contributed by atoms with van der Waals surface area (Å²) >= 11 is 3.26. The van der Waals surface area contributed by atoms with Crippen LogP contribution in [0.5, 0.6) is 0 Å². The number of amides is 1. The van der Waals surface area contributed by atoms with Crippen molar-refractivity contribution < 1.29 is 9.18 Å². The van der Waals surface area contributed by atoms with Gasteiger partial charge in [-0.05, 0) is 47.0 Å². The fraction of sp³-hybridized carbons (Fsp3) is 0.500. The largest absolute Gasteiger partial charge is 0.336 e. The summed E-state index contributed by atoms with van der Waals surface area (Å²) in [7, 11) is 0. The van der Waals surface area contributed by atoms with E-state index in [1.54, 1.807) is 6.07 Å². The van der Waals surface area contributed by atoms with Gasteiger partial charge >= 0.3 is 0 Å². The van der Waals surface area contributed by atoms with Crippen molar-refractivity contribution in [3.63, 3.8) is 0 Å². The molecule has 0 spiro atoms. The molecule has 3 nitrogen and oxygen atoms in total. The van der Waals surface area contributed by atoms with E-state index in [4.69, 9.17) is 0 Å². The number of hydrogen-bond acceptors (Lipinski definition) is 2. The predicted octanol–water partition coefficient (Wildman–Crippen LogP) is 2.51. The molecule has 1 aromatic carbocycles. The first-order valence-electron chi connectivity index (χ1n) is 6.63. The van der Waals surface area contributed by atoms with Crippen LogP contribution in [-0.4, -0.2) is 47.9 Å². The Morgan fingerprint density at radius 2 is 1.89 bits per heavy atom. The Kier molecular flexibility index (Phi) is 3.58. The maximum absolute atomic E-state index is 13.0. The van der Waals surface area contributed by atoms with Gasteiger partial charge in [0.1, 0.15) is 5.82 Å². The van der Waals surface area contributed by atoms with Crippen LogP contribution >= 0.6 is 15.9 Å². The van der Waals surface area contributed by atoms with Crippen LogP contribution in [0, 0.1) is 5.82 Å². The summed E-state index contributed by atoms with van der Waals surface area (Å²) in [6.45, 7) is 3.43. The van der Waals surface area contributed by atoms with Crippen molar-refractivity contribution in [2.24, 2.45) is 0 Å². The molecule has 5 heteroatoms. The van der Waals surface area contributed by atoms with E-state index < -0.39 is 0 Å². The Hall–Kier alpha value is -0.940. The zero-order valence-corrected chi connectivity index (χ0v) is 12.2. The first-order valence-corrected chi connectivity index (χ1v) is 7.43. The van der Waals surface area contributed by atoms with Crippen LogP contribution in [0.1, 0.15) is 23.2 Å². The second-order valence-corrected chi connectivity index (χ2v) is 6.04. The minimum absolute atomic E-state index is 0.0117. The first kappa shape index (κ1) is 13.1. The quantitative estimate of drug-likeness (QED) is 0.833. The summed E-state index contributed by atoms with van der Waals surface area (Å²) in [5.41, 5.74) is 0.543. The number of piperazine rings is 1. The van der Waals surface area contributed by atoms with Crippen LogP contribution < -0.4 is 0 Å². The molecule has 0 unspecified atom stereocenters. The molecule has 1 heterocycles. The van der Waals surface area contributed by atoms with Crippen molar-refractivity contribution in [2.45, 2.75) is 18.9 Å². The maximum atomic E-state index is 13.0. The van der Waals surface area contributed by atoms with E-state index in [0.717, 1.165) is 32.2 Å². The fourth-order valence-corrected chi connectivity index (χ4v) is 3.08. The Balaban J connectivity index is 1.67. The molecule has 1 aliphatic carbocycles. The van der Waals surface area contributed by atoms with Crippen molar-refractivity contribution in [3.05, 3.63) is 34.1 Å². The zero-order valence-electron chi connectivity index (χ0n) is 10.6. The SMILES string of the molecule is O=C(c1ccc(F)cc1Br)N1CCN(C2CC2)CC1. The van der Waals surface area contributed by atoms with Gasteiger partial charge in [0, 0.05) is 36.7 Å².